The Labute approximate surface area is 72.7 Å². The van der Waals surface area contributed by atoms with E-state index in [1.807, 2.05) is 13.8 Å². The Kier molecular flexibility index (Phi) is 5.08. The zero-order chi connectivity index (χ0) is 9.56. The molecule has 70 valence electrons. The second-order valence-electron chi connectivity index (χ2n) is 2.68. The van der Waals surface area contributed by atoms with E-state index in [4.69, 9.17) is 0 Å². The van der Waals surface area contributed by atoms with Crippen molar-refractivity contribution in [2.75, 3.05) is 0 Å². The summed E-state index contributed by atoms with van der Waals surface area (Å²) in [5.74, 6) is -0.374. The molecular formula is C8H16N2O2. The van der Waals surface area contributed by atoms with Crippen LogP contribution in [0.5, 0.6) is 0 Å². The van der Waals surface area contributed by atoms with Crippen LogP contribution >= 0.6 is 0 Å². The van der Waals surface area contributed by atoms with Crippen LogP contribution in [0.3, 0.4) is 0 Å². The number of amides is 2. The maximum Gasteiger partial charge on any atom is 0.241 e. The second kappa shape index (κ2) is 5.57. The van der Waals surface area contributed by atoms with Gasteiger partial charge in [0.25, 0.3) is 0 Å². The zero-order valence-corrected chi connectivity index (χ0v) is 7.81. The molecule has 0 aromatic heterocycles. The first kappa shape index (κ1) is 10.9. The van der Waals surface area contributed by atoms with Gasteiger partial charge in [0.15, 0.2) is 0 Å². The highest BCUT2D eigenvalue weighted by atomic mass is 16.2. The first-order valence-electron chi connectivity index (χ1n) is 4.18. The van der Waals surface area contributed by atoms with Crippen LogP contribution in [0, 0.1) is 5.92 Å². The van der Waals surface area contributed by atoms with Crippen molar-refractivity contribution < 1.29 is 9.59 Å². The van der Waals surface area contributed by atoms with Crippen LogP contribution in [0.25, 0.3) is 0 Å². The highest BCUT2D eigenvalue weighted by molar-refractivity contribution is 5.82. The minimum Gasteiger partial charge on any atom is -0.274 e. The monoisotopic (exact) mass is 172 g/mol. The fourth-order valence-electron chi connectivity index (χ4n) is 0.911. The molecule has 2 amide bonds. The van der Waals surface area contributed by atoms with Crippen molar-refractivity contribution >= 4 is 11.8 Å². The smallest absolute Gasteiger partial charge is 0.241 e. The molecule has 0 saturated carbocycles. The van der Waals surface area contributed by atoms with Gasteiger partial charge in [-0.25, -0.2) is 0 Å². The summed E-state index contributed by atoms with van der Waals surface area (Å²) in [6.45, 7) is 5.25. The van der Waals surface area contributed by atoms with Gasteiger partial charge in [0, 0.05) is 12.8 Å². The van der Waals surface area contributed by atoms with Crippen LogP contribution in [-0.4, -0.2) is 11.8 Å². The van der Waals surface area contributed by atoms with Gasteiger partial charge in [-0.05, 0) is 12.8 Å². The standard InChI is InChI=1S/C8H16N2O2/c1-4-7(5-2)8(12)10-9-6(3)11/h7H,4-5H2,1-3H3,(H,9,11)(H,10,12). The van der Waals surface area contributed by atoms with Crippen LogP contribution in [0.2, 0.25) is 0 Å². The molecule has 0 aliphatic heterocycles. The molecule has 0 heterocycles. The fraction of sp³-hybridized carbons (Fsp3) is 0.750. The number of hydrogen-bond donors (Lipinski definition) is 2. The topological polar surface area (TPSA) is 58.2 Å². The number of hydrazine groups is 1. The Morgan fingerprint density at radius 1 is 1.17 bits per heavy atom. The molecule has 0 atom stereocenters. The summed E-state index contributed by atoms with van der Waals surface area (Å²) in [4.78, 5) is 21.6. The Bertz CT molecular complexity index is 164. The van der Waals surface area contributed by atoms with Crippen LogP contribution in [0.4, 0.5) is 0 Å². The molecule has 0 fully saturated rings. The van der Waals surface area contributed by atoms with Gasteiger partial charge in [0.1, 0.15) is 0 Å². The normalized spacial score (nSPS) is 9.67. The predicted octanol–water partition coefficient (Wildman–Crippen LogP) is 0.590. The highest BCUT2D eigenvalue weighted by Crippen LogP contribution is 2.05. The van der Waals surface area contributed by atoms with E-state index in [2.05, 4.69) is 10.9 Å². The van der Waals surface area contributed by atoms with E-state index in [1.54, 1.807) is 0 Å². The van der Waals surface area contributed by atoms with Gasteiger partial charge in [0.05, 0.1) is 0 Å². The SMILES string of the molecule is CCC(CC)C(=O)NNC(C)=O. The Balaban J connectivity index is 3.77. The van der Waals surface area contributed by atoms with Crippen molar-refractivity contribution in [3.8, 4) is 0 Å². The molecule has 4 heteroatoms. The molecule has 0 rings (SSSR count). The van der Waals surface area contributed by atoms with E-state index in [0.29, 0.717) is 0 Å². The number of hydrogen-bond acceptors (Lipinski definition) is 2. The third kappa shape index (κ3) is 3.95. The number of carbonyl (C=O) groups is 2. The first-order chi connectivity index (χ1) is 5.61. The van der Waals surface area contributed by atoms with Gasteiger partial charge < -0.3 is 0 Å². The lowest BCUT2D eigenvalue weighted by Crippen LogP contribution is -2.43. The summed E-state index contributed by atoms with van der Waals surface area (Å²) >= 11 is 0. The maximum absolute atomic E-state index is 11.2. The molecule has 0 saturated heterocycles. The second-order valence-corrected chi connectivity index (χ2v) is 2.68. The van der Waals surface area contributed by atoms with Crippen molar-refractivity contribution in [1.82, 2.24) is 10.9 Å². The van der Waals surface area contributed by atoms with Crippen molar-refractivity contribution in [3.63, 3.8) is 0 Å². The quantitative estimate of drug-likeness (QED) is 0.612. The van der Waals surface area contributed by atoms with E-state index in [-0.39, 0.29) is 17.7 Å². The van der Waals surface area contributed by atoms with Crippen molar-refractivity contribution in [2.24, 2.45) is 5.92 Å². The van der Waals surface area contributed by atoms with Gasteiger partial charge in [-0.3, -0.25) is 20.4 Å². The van der Waals surface area contributed by atoms with Crippen molar-refractivity contribution in [3.05, 3.63) is 0 Å². The van der Waals surface area contributed by atoms with Crippen LogP contribution in [0.15, 0.2) is 0 Å². The lowest BCUT2D eigenvalue weighted by Gasteiger charge is -2.12. The lowest BCUT2D eigenvalue weighted by molar-refractivity contribution is -0.130. The van der Waals surface area contributed by atoms with Gasteiger partial charge >= 0.3 is 0 Å². The average molecular weight is 172 g/mol. The molecule has 0 bridgehead atoms. The molecular weight excluding hydrogens is 156 g/mol. The molecule has 2 N–H and O–H groups in total. The fourth-order valence-corrected chi connectivity index (χ4v) is 0.911. The molecule has 0 spiro atoms. The number of nitrogens with one attached hydrogen (secondary N) is 2. The third-order valence-corrected chi connectivity index (χ3v) is 1.72. The summed E-state index contributed by atoms with van der Waals surface area (Å²) in [7, 11) is 0. The van der Waals surface area contributed by atoms with Gasteiger partial charge in [-0.1, -0.05) is 13.8 Å². The molecule has 4 nitrogen and oxygen atoms in total. The summed E-state index contributed by atoms with van der Waals surface area (Å²) in [5.41, 5.74) is 4.60. The van der Waals surface area contributed by atoms with E-state index in [9.17, 15) is 9.59 Å². The summed E-state index contributed by atoms with van der Waals surface area (Å²) < 4.78 is 0. The zero-order valence-electron chi connectivity index (χ0n) is 7.81. The molecule has 0 radical (unpaired) electrons. The molecule has 0 aromatic rings. The van der Waals surface area contributed by atoms with E-state index in [1.165, 1.54) is 6.92 Å². The van der Waals surface area contributed by atoms with Crippen LogP contribution in [0.1, 0.15) is 33.6 Å². The van der Waals surface area contributed by atoms with E-state index < -0.39 is 0 Å². The molecule has 0 aliphatic rings. The summed E-state index contributed by atoms with van der Waals surface area (Å²) in [5, 5.41) is 0. The van der Waals surface area contributed by atoms with Crippen LogP contribution < -0.4 is 10.9 Å². The Morgan fingerprint density at radius 2 is 1.67 bits per heavy atom. The predicted molar refractivity (Wildman–Crippen MR) is 46.0 cm³/mol. The Morgan fingerprint density at radius 3 is 2.00 bits per heavy atom. The molecule has 12 heavy (non-hydrogen) atoms. The summed E-state index contributed by atoms with van der Waals surface area (Å²) in [6.07, 6.45) is 1.59. The van der Waals surface area contributed by atoms with Gasteiger partial charge in [0.2, 0.25) is 11.8 Å². The molecule has 0 unspecified atom stereocenters. The maximum atomic E-state index is 11.2. The average Bonchev–Trinajstić information content (AvgIpc) is 2.03. The van der Waals surface area contributed by atoms with E-state index in [0.717, 1.165) is 12.8 Å². The molecule has 0 aromatic carbocycles. The lowest BCUT2D eigenvalue weighted by atomic mass is 10.0. The van der Waals surface area contributed by atoms with Crippen molar-refractivity contribution in [2.45, 2.75) is 33.6 Å². The third-order valence-electron chi connectivity index (χ3n) is 1.72. The summed E-state index contributed by atoms with van der Waals surface area (Å²) in [6, 6.07) is 0. The van der Waals surface area contributed by atoms with Crippen LogP contribution in [-0.2, 0) is 9.59 Å². The first-order valence-corrected chi connectivity index (χ1v) is 4.18. The minimum absolute atomic E-state index is 0.00292. The highest BCUT2D eigenvalue weighted by Gasteiger charge is 2.13. The van der Waals surface area contributed by atoms with Gasteiger partial charge in [-0.2, -0.15) is 0 Å². The minimum atomic E-state index is -0.255. The molecule has 0 aliphatic carbocycles. The number of rotatable bonds is 3. The van der Waals surface area contributed by atoms with Gasteiger partial charge in [-0.15, -0.1) is 0 Å². The van der Waals surface area contributed by atoms with E-state index >= 15 is 0 Å². The van der Waals surface area contributed by atoms with Crippen molar-refractivity contribution in [1.29, 1.82) is 0 Å². The number of carbonyl (C=O) groups excluding carboxylic acids is 2. The Hall–Kier alpha value is -1.06. The largest absolute Gasteiger partial charge is 0.274 e.